The quantitative estimate of drug-likeness (QED) is 0.871. The van der Waals surface area contributed by atoms with Gasteiger partial charge in [-0.25, -0.2) is 0 Å². The van der Waals surface area contributed by atoms with Crippen LogP contribution in [0.2, 0.25) is 0 Å². The lowest BCUT2D eigenvalue weighted by atomic mass is 10.1. The topological polar surface area (TPSA) is 46.3 Å². The maximum Gasteiger partial charge on any atom is 0.233 e. The van der Waals surface area contributed by atoms with Crippen molar-refractivity contribution in [1.29, 1.82) is 0 Å². The van der Waals surface area contributed by atoms with E-state index in [0.29, 0.717) is 12.3 Å². The van der Waals surface area contributed by atoms with Gasteiger partial charge in [0.15, 0.2) is 0 Å². The molecule has 3 rings (SSSR count). The zero-order valence-corrected chi connectivity index (χ0v) is 14.0. The largest absolute Gasteiger partial charge is 0.338 e. The molecule has 1 fully saturated rings. The van der Waals surface area contributed by atoms with E-state index in [1.165, 1.54) is 10.8 Å². The molecule has 0 aromatic heterocycles. The van der Waals surface area contributed by atoms with Crippen LogP contribution in [0.15, 0.2) is 47.4 Å². The van der Waals surface area contributed by atoms with Crippen molar-refractivity contribution in [3.8, 4) is 0 Å². The monoisotopic (exact) mass is 336 g/mol. The third kappa shape index (κ3) is 3.75. The Labute approximate surface area is 141 Å². The summed E-state index contributed by atoms with van der Waals surface area (Å²) in [6, 6.07) is 14.9. The fourth-order valence-electron chi connectivity index (χ4n) is 2.89. The molecular formula is C17H21ClN2OS. The zero-order valence-electron chi connectivity index (χ0n) is 12.4. The van der Waals surface area contributed by atoms with Crippen molar-refractivity contribution in [2.75, 3.05) is 18.8 Å². The molecule has 2 aromatic carbocycles. The van der Waals surface area contributed by atoms with Crippen LogP contribution in [0.3, 0.4) is 0 Å². The molecule has 1 aliphatic rings. The maximum atomic E-state index is 12.3. The van der Waals surface area contributed by atoms with E-state index in [9.17, 15) is 4.79 Å². The van der Waals surface area contributed by atoms with E-state index in [2.05, 4.69) is 30.3 Å². The molecule has 2 aromatic rings. The number of nitrogens with zero attached hydrogens (tertiary/aromatic N) is 1. The molecule has 1 aliphatic heterocycles. The van der Waals surface area contributed by atoms with Crippen LogP contribution < -0.4 is 5.73 Å². The zero-order chi connectivity index (χ0) is 14.7. The van der Waals surface area contributed by atoms with Crippen molar-refractivity contribution in [3.05, 3.63) is 42.5 Å². The van der Waals surface area contributed by atoms with Gasteiger partial charge in [0.1, 0.15) is 0 Å². The van der Waals surface area contributed by atoms with E-state index in [-0.39, 0.29) is 24.4 Å². The van der Waals surface area contributed by atoms with E-state index >= 15 is 0 Å². The first kappa shape index (κ1) is 17.1. The number of carbonyl (C=O) groups is 1. The second-order valence-corrected chi connectivity index (χ2v) is 6.47. The van der Waals surface area contributed by atoms with Gasteiger partial charge in [0.25, 0.3) is 0 Å². The number of hydrogen-bond acceptors (Lipinski definition) is 3. The fourth-order valence-corrected chi connectivity index (χ4v) is 3.72. The van der Waals surface area contributed by atoms with Crippen LogP contribution in [-0.4, -0.2) is 35.7 Å². The molecule has 118 valence electrons. The highest BCUT2D eigenvalue weighted by atomic mass is 35.5. The third-order valence-electron chi connectivity index (χ3n) is 4.05. The number of thioether (sulfide) groups is 1. The van der Waals surface area contributed by atoms with Crippen LogP contribution in [0, 0.1) is 0 Å². The summed E-state index contributed by atoms with van der Waals surface area (Å²) < 4.78 is 0. The number of nitrogens with two attached hydrogens (primary N) is 1. The first-order valence-electron chi connectivity index (χ1n) is 7.39. The molecule has 0 saturated carbocycles. The van der Waals surface area contributed by atoms with E-state index < -0.39 is 0 Å². The van der Waals surface area contributed by atoms with E-state index in [1.807, 2.05) is 17.0 Å². The molecule has 0 radical (unpaired) electrons. The lowest BCUT2D eigenvalue weighted by Crippen LogP contribution is -2.40. The number of rotatable bonds is 4. The van der Waals surface area contributed by atoms with Gasteiger partial charge in [-0.3, -0.25) is 4.79 Å². The number of fused-ring (bicyclic) bond motifs is 1. The summed E-state index contributed by atoms with van der Waals surface area (Å²) in [7, 11) is 0. The number of likely N-dealkylation sites (tertiary alicyclic amines) is 1. The van der Waals surface area contributed by atoms with Gasteiger partial charge in [-0.2, -0.15) is 0 Å². The Hall–Kier alpha value is -1.23. The van der Waals surface area contributed by atoms with Gasteiger partial charge in [0, 0.05) is 24.0 Å². The molecule has 0 bridgehead atoms. The molecule has 1 unspecified atom stereocenters. The van der Waals surface area contributed by atoms with Crippen molar-refractivity contribution < 1.29 is 4.79 Å². The second kappa shape index (κ2) is 7.86. The summed E-state index contributed by atoms with van der Waals surface area (Å²) in [6.07, 6.45) is 2.12. The van der Waals surface area contributed by atoms with Crippen molar-refractivity contribution in [2.45, 2.75) is 23.8 Å². The number of halogens is 1. The molecular weight excluding hydrogens is 316 g/mol. The van der Waals surface area contributed by atoms with Gasteiger partial charge in [-0.1, -0.05) is 30.3 Å². The molecule has 22 heavy (non-hydrogen) atoms. The third-order valence-corrected chi connectivity index (χ3v) is 5.03. The molecule has 0 spiro atoms. The Bertz CT molecular complexity index is 649. The maximum absolute atomic E-state index is 12.3. The van der Waals surface area contributed by atoms with Crippen LogP contribution in [-0.2, 0) is 4.79 Å². The van der Waals surface area contributed by atoms with Crippen LogP contribution in [0.25, 0.3) is 10.8 Å². The van der Waals surface area contributed by atoms with Crippen molar-refractivity contribution in [1.82, 2.24) is 4.90 Å². The normalized spacial score (nSPS) is 17.5. The lowest BCUT2D eigenvalue weighted by Gasteiger charge is -2.23. The van der Waals surface area contributed by atoms with Crippen molar-refractivity contribution in [2.24, 2.45) is 5.73 Å². The van der Waals surface area contributed by atoms with Crippen LogP contribution in [0.4, 0.5) is 0 Å². The predicted molar refractivity (Wildman–Crippen MR) is 95.7 cm³/mol. The molecule has 2 N–H and O–H groups in total. The number of hydrogen-bond donors (Lipinski definition) is 1. The highest BCUT2D eigenvalue weighted by Crippen LogP contribution is 2.25. The molecule has 1 atom stereocenters. The van der Waals surface area contributed by atoms with Gasteiger partial charge in [0.05, 0.1) is 5.75 Å². The first-order valence-corrected chi connectivity index (χ1v) is 8.37. The molecule has 1 saturated heterocycles. The summed E-state index contributed by atoms with van der Waals surface area (Å²) in [5.74, 6) is 0.704. The summed E-state index contributed by atoms with van der Waals surface area (Å²) in [4.78, 5) is 15.4. The SMILES string of the molecule is Cl.NCC1CCCN1C(=O)CSc1ccc2ccccc2c1. The van der Waals surface area contributed by atoms with Gasteiger partial charge in [0.2, 0.25) is 5.91 Å². The minimum Gasteiger partial charge on any atom is -0.338 e. The minimum atomic E-state index is 0. The lowest BCUT2D eigenvalue weighted by molar-refractivity contribution is -0.128. The fraction of sp³-hybridized carbons (Fsp3) is 0.353. The summed E-state index contributed by atoms with van der Waals surface area (Å²) in [6.45, 7) is 1.44. The molecule has 5 heteroatoms. The summed E-state index contributed by atoms with van der Waals surface area (Å²) in [5, 5.41) is 2.45. The number of amides is 1. The highest BCUT2D eigenvalue weighted by Gasteiger charge is 2.27. The average molecular weight is 337 g/mol. The standard InChI is InChI=1S/C17H20N2OS.ClH/c18-11-15-6-3-9-19(15)17(20)12-21-16-8-7-13-4-1-2-5-14(13)10-16;/h1-2,4-5,7-8,10,15H,3,6,9,11-12,18H2;1H. The Kier molecular flexibility index (Phi) is 6.12. The average Bonchev–Trinajstić information content (AvgIpc) is 3.01. The van der Waals surface area contributed by atoms with Crippen LogP contribution in [0.5, 0.6) is 0 Å². The first-order chi connectivity index (χ1) is 10.3. The van der Waals surface area contributed by atoms with Crippen molar-refractivity contribution in [3.63, 3.8) is 0 Å². The van der Waals surface area contributed by atoms with Crippen LogP contribution in [0.1, 0.15) is 12.8 Å². The Balaban J connectivity index is 0.00000176. The Morgan fingerprint density at radius 1 is 1.23 bits per heavy atom. The second-order valence-electron chi connectivity index (χ2n) is 5.42. The van der Waals surface area contributed by atoms with Crippen LogP contribution >= 0.6 is 24.2 Å². The van der Waals surface area contributed by atoms with E-state index in [4.69, 9.17) is 5.73 Å². The number of carbonyl (C=O) groups excluding carboxylic acids is 1. The number of benzene rings is 2. The molecule has 1 amide bonds. The van der Waals surface area contributed by atoms with Crippen molar-refractivity contribution >= 4 is 40.8 Å². The minimum absolute atomic E-state index is 0. The smallest absolute Gasteiger partial charge is 0.233 e. The summed E-state index contributed by atoms with van der Waals surface area (Å²) >= 11 is 1.61. The Morgan fingerprint density at radius 2 is 2.00 bits per heavy atom. The molecule has 0 aliphatic carbocycles. The molecule has 1 heterocycles. The Morgan fingerprint density at radius 3 is 2.77 bits per heavy atom. The van der Waals surface area contributed by atoms with Gasteiger partial charge < -0.3 is 10.6 Å². The van der Waals surface area contributed by atoms with Gasteiger partial charge >= 0.3 is 0 Å². The predicted octanol–water partition coefficient (Wildman–Crippen LogP) is 3.30. The molecule has 3 nitrogen and oxygen atoms in total. The summed E-state index contributed by atoms with van der Waals surface area (Å²) in [5.41, 5.74) is 5.73. The van der Waals surface area contributed by atoms with E-state index in [1.54, 1.807) is 11.8 Å². The van der Waals surface area contributed by atoms with E-state index in [0.717, 1.165) is 24.3 Å². The van der Waals surface area contributed by atoms with Gasteiger partial charge in [-0.15, -0.1) is 24.2 Å². The highest BCUT2D eigenvalue weighted by molar-refractivity contribution is 8.00. The van der Waals surface area contributed by atoms with Gasteiger partial charge in [-0.05, 0) is 35.7 Å².